The van der Waals surface area contributed by atoms with Crippen LogP contribution in [0.1, 0.15) is 43.9 Å². The van der Waals surface area contributed by atoms with Gasteiger partial charge in [-0.25, -0.2) is 0 Å². The molecule has 0 atom stereocenters. The van der Waals surface area contributed by atoms with Crippen molar-refractivity contribution in [3.63, 3.8) is 0 Å². The number of alkyl halides is 6. The van der Waals surface area contributed by atoms with Crippen molar-refractivity contribution < 1.29 is 26.3 Å². The van der Waals surface area contributed by atoms with Gasteiger partial charge in [0.1, 0.15) is 0 Å². The molecule has 0 amide bonds. The first-order valence-corrected chi connectivity index (χ1v) is 16.0. The first kappa shape index (κ1) is 35.8. The standard InChI is InChI=1S/C42H36F6N2/c1-6-15-29(24-27(4)7-2)32-16-9-12-19-38(32)49-28(5)25-36(41(43,44)45)31(8-3)33-23-22-30(26-37(33)42(46,47)48)50-39-20-13-10-17-34(39)35-18-11-14-21-40(35)50/h6,8-26,49H,1,5,7H2,2-4H3/b27-24-,29-15+,31-8-,36-25+. The van der Waals surface area contributed by atoms with Crippen LogP contribution < -0.4 is 5.32 Å². The van der Waals surface area contributed by atoms with Crippen molar-refractivity contribution in [1.82, 2.24) is 4.57 Å². The second kappa shape index (κ2) is 14.5. The van der Waals surface area contributed by atoms with E-state index in [1.165, 1.54) is 13.0 Å². The lowest BCUT2D eigenvalue weighted by atomic mass is 9.91. The molecule has 0 unspecified atom stereocenters. The number of benzene rings is 4. The highest BCUT2D eigenvalue weighted by molar-refractivity contribution is 6.09. The minimum absolute atomic E-state index is 0.159. The van der Waals surface area contributed by atoms with Crippen LogP contribution in [-0.2, 0) is 6.18 Å². The third-order valence-corrected chi connectivity index (χ3v) is 8.43. The third-order valence-electron chi connectivity index (χ3n) is 8.43. The van der Waals surface area contributed by atoms with Crippen molar-refractivity contribution in [2.75, 3.05) is 5.32 Å². The number of nitrogens with zero attached hydrogens (tertiary/aromatic N) is 1. The summed E-state index contributed by atoms with van der Waals surface area (Å²) in [6.45, 7) is 12.9. The molecule has 1 N–H and O–H groups in total. The summed E-state index contributed by atoms with van der Waals surface area (Å²) in [6.07, 6.45) is -2.03. The van der Waals surface area contributed by atoms with Crippen LogP contribution in [0.25, 0.3) is 38.6 Å². The Labute approximate surface area is 287 Å². The maximum atomic E-state index is 14.8. The van der Waals surface area contributed by atoms with Gasteiger partial charge < -0.3 is 9.88 Å². The molecule has 0 saturated carbocycles. The molecule has 1 heterocycles. The van der Waals surface area contributed by atoms with Crippen LogP contribution in [0, 0.1) is 0 Å². The van der Waals surface area contributed by atoms with E-state index in [0.29, 0.717) is 22.3 Å². The molecule has 0 aliphatic heterocycles. The zero-order valence-electron chi connectivity index (χ0n) is 27.9. The minimum atomic E-state index is -5.02. The molecule has 5 aromatic rings. The molecule has 0 spiro atoms. The SMILES string of the molecule is C=C/C=C(\C=C(\C)CC)c1ccccc1NC(=C)/C=C(\C(=C/C)c1ccc(-n2c3ccccc3c3ccccc32)cc1C(F)(F)F)C(F)(F)F. The monoisotopic (exact) mass is 682 g/mol. The zero-order chi connectivity index (χ0) is 36.2. The van der Waals surface area contributed by atoms with Gasteiger partial charge in [0.25, 0.3) is 0 Å². The second-order valence-electron chi connectivity index (χ2n) is 11.8. The topological polar surface area (TPSA) is 17.0 Å². The predicted octanol–water partition coefficient (Wildman–Crippen LogP) is 13.2. The largest absolute Gasteiger partial charge is 0.417 e. The van der Waals surface area contributed by atoms with Crippen molar-refractivity contribution >= 4 is 38.6 Å². The number of hydrogen-bond acceptors (Lipinski definition) is 1. The van der Waals surface area contributed by atoms with Crippen molar-refractivity contribution in [2.45, 2.75) is 39.5 Å². The lowest BCUT2D eigenvalue weighted by molar-refractivity contribution is -0.137. The van der Waals surface area contributed by atoms with Crippen LogP contribution in [0.4, 0.5) is 32.0 Å². The highest BCUT2D eigenvalue weighted by Crippen LogP contribution is 2.44. The maximum Gasteiger partial charge on any atom is 0.417 e. The highest BCUT2D eigenvalue weighted by Gasteiger charge is 2.40. The van der Waals surface area contributed by atoms with Gasteiger partial charge >= 0.3 is 12.4 Å². The number of aromatic nitrogens is 1. The van der Waals surface area contributed by atoms with Gasteiger partial charge in [-0.3, -0.25) is 0 Å². The summed E-state index contributed by atoms with van der Waals surface area (Å²) in [5.74, 6) is 0. The van der Waals surface area contributed by atoms with Gasteiger partial charge in [0.2, 0.25) is 0 Å². The lowest BCUT2D eigenvalue weighted by Gasteiger charge is -2.22. The molecule has 1 aromatic heterocycles. The van der Waals surface area contributed by atoms with E-state index >= 15 is 0 Å². The fourth-order valence-corrected chi connectivity index (χ4v) is 6.05. The summed E-state index contributed by atoms with van der Waals surface area (Å²) in [7, 11) is 0. The van der Waals surface area contributed by atoms with Gasteiger partial charge in [-0.1, -0.05) is 111 Å². The minimum Gasteiger partial charge on any atom is -0.355 e. The van der Waals surface area contributed by atoms with E-state index in [1.54, 1.807) is 59.2 Å². The molecule has 50 heavy (non-hydrogen) atoms. The fraction of sp³-hybridized carbons (Fsp3) is 0.143. The number of anilines is 1. The zero-order valence-corrected chi connectivity index (χ0v) is 27.9. The third kappa shape index (κ3) is 7.39. The van der Waals surface area contributed by atoms with Crippen LogP contribution in [0.5, 0.6) is 0 Å². The quantitative estimate of drug-likeness (QED) is 0.115. The Morgan fingerprint density at radius 2 is 1.40 bits per heavy atom. The molecule has 0 saturated heterocycles. The van der Waals surface area contributed by atoms with Crippen LogP contribution in [-0.4, -0.2) is 10.7 Å². The number of nitrogens with one attached hydrogen (secondary N) is 1. The molecule has 0 radical (unpaired) electrons. The Bertz CT molecular complexity index is 2150. The van der Waals surface area contributed by atoms with Crippen LogP contribution in [0.2, 0.25) is 0 Å². The Hall–Kier alpha value is -5.50. The highest BCUT2D eigenvalue weighted by atomic mass is 19.4. The molecule has 8 heteroatoms. The number of allylic oxidation sites excluding steroid dienone is 9. The smallest absolute Gasteiger partial charge is 0.355 e. The molecular formula is C42H36F6N2. The van der Waals surface area contributed by atoms with E-state index in [4.69, 9.17) is 0 Å². The van der Waals surface area contributed by atoms with E-state index in [0.717, 1.165) is 52.6 Å². The number of halogens is 6. The Kier molecular flexibility index (Phi) is 10.4. The average molecular weight is 683 g/mol. The molecule has 5 rings (SSSR count). The summed E-state index contributed by atoms with van der Waals surface area (Å²) in [5, 5.41) is 4.63. The van der Waals surface area contributed by atoms with E-state index < -0.39 is 34.6 Å². The molecule has 0 bridgehead atoms. The van der Waals surface area contributed by atoms with Crippen LogP contribution in [0.15, 0.2) is 151 Å². The number of para-hydroxylation sites is 3. The number of hydrogen-bond donors (Lipinski definition) is 1. The van der Waals surface area contributed by atoms with Gasteiger partial charge in [-0.05, 0) is 73.4 Å². The van der Waals surface area contributed by atoms with E-state index in [1.807, 2.05) is 50.3 Å². The molecular weight excluding hydrogens is 646 g/mol. The predicted molar refractivity (Wildman–Crippen MR) is 195 cm³/mol. The van der Waals surface area contributed by atoms with Crippen LogP contribution in [0.3, 0.4) is 0 Å². The second-order valence-corrected chi connectivity index (χ2v) is 11.8. The van der Waals surface area contributed by atoms with Crippen LogP contribution >= 0.6 is 0 Å². The summed E-state index contributed by atoms with van der Waals surface area (Å²) < 4.78 is 90.6. The van der Waals surface area contributed by atoms with Crippen molar-refractivity contribution in [3.8, 4) is 5.69 Å². The Morgan fingerprint density at radius 3 is 1.96 bits per heavy atom. The van der Waals surface area contributed by atoms with Crippen molar-refractivity contribution in [2.24, 2.45) is 0 Å². The molecule has 4 aromatic carbocycles. The summed E-state index contributed by atoms with van der Waals surface area (Å²) in [4.78, 5) is 0. The fourth-order valence-electron chi connectivity index (χ4n) is 6.05. The summed E-state index contributed by atoms with van der Waals surface area (Å²) in [6, 6.07) is 25.1. The molecule has 0 aliphatic carbocycles. The van der Waals surface area contributed by atoms with Gasteiger partial charge in [-0.15, -0.1) is 0 Å². The number of fused-ring (bicyclic) bond motifs is 3. The van der Waals surface area contributed by atoms with Gasteiger partial charge in [0, 0.05) is 33.4 Å². The molecule has 0 fully saturated rings. The average Bonchev–Trinajstić information content (AvgIpc) is 3.42. The van der Waals surface area contributed by atoms with Gasteiger partial charge in [0.15, 0.2) is 0 Å². The summed E-state index contributed by atoms with van der Waals surface area (Å²) in [5.41, 5.74) is 0.689. The van der Waals surface area contributed by atoms with E-state index in [2.05, 4.69) is 18.5 Å². The first-order chi connectivity index (χ1) is 23.8. The van der Waals surface area contributed by atoms with Crippen molar-refractivity contribution in [3.05, 3.63) is 168 Å². The molecule has 0 aliphatic rings. The van der Waals surface area contributed by atoms with Crippen molar-refractivity contribution in [1.29, 1.82) is 0 Å². The van der Waals surface area contributed by atoms with E-state index in [9.17, 15) is 26.3 Å². The molecule has 256 valence electrons. The Balaban J connectivity index is 1.61. The van der Waals surface area contributed by atoms with Gasteiger partial charge in [0.05, 0.1) is 22.2 Å². The van der Waals surface area contributed by atoms with Gasteiger partial charge in [-0.2, -0.15) is 26.3 Å². The number of rotatable bonds is 10. The summed E-state index contributed by atoms with van der Waals surface area (Å²) >= 11 is 0. The Morgan fingerprint density at radius 1 is 0.800 bits per heavy atom. The van der Waals surface area contributed by atoms with E-state index in [-0.39, 0.29) is 11.4 Å². The lowest BCUT2D eigenvalue weighted by Crippen LogP contribution is -2.17. The first-order valence-electron chi connectivity index (χ1n) is 16.0. The normalized spacial score (nSPS) is 13.6. The maximum absolute atomic E-state index is 14.8. The molecule has 2 nitrogen and oxygen atoms in total.